The molecule has 1 aliphatic rings. The van der Waals surface area contributed by atoms with Gasteiger partial charge in [0, 0.05) is 24.9 Å². The van der Waals surface area contributed by atoms with Gasteiger partial charge >= 0.3 is 5.97 Å². The fraction of sp³-hybridized carbons (Fsp3) is 0.500. The number of pyridine rings is 1. The van der Waals surface area contributed by atoms with E-state index in [9.17, 15) is 4.79 Å². The average Bonchev–Trinajstić information content (AvgIpc) is 2.38. The minimum Gasteiger partial charge on any atom is -0.462 e. The molecule has 1 saturated heterocycles. The Hall–Kier alpha value is -1.13. The summed E-state index contributed by atoms with van der Waals surface area (Å²) in [4.78, 5) is 15.5. The Kier molecular flexibility index (Phi) is 5.94. The summed E-state index contributed by atoms with van der Waals surface area (Å²) in [6, 6.07) is 3.45. The maximum atomic E-state index is 11.6. The van der Waals surface area contributed by atoms with Crippen molar-refractivity contribution in [3.05, 3.63) is 30.1 Å². The Morgan fingerprint density at radius 3 is 3.12 bits per heavy atom. The van der Waals surface area contributed by atoms with Crippen molar-refractivity contribution in [2.45, 2.75) is 12.8 Å². The normalized spacial score (nSPS) is 19.2. The number of halogens is 1. The average molecular weight is 257 g/mol. The molecule has 1 unspecified atom stereocenters. The molecule has 0 amide bonds. The molecule has 17 heavy (non-hydrogen) atoms. The van der Waals surface area contributed by atoms with Crippen LogP contribution in [0.5, 0.6) is 0 Å². The van der Waals surface area contributed by atoms with E-state index in [1.165, 1.54) is 6.20 Å². The van der Waals surface area contributed by atoms with Crippen molar-refractivity contribution in [1.29, 1.82) is 0 Å². The van der Waals surface area contributed by atoms with Gasteiger partial charge in [-0.3, -0.25) is 4.98 Å². The van der Waals surface area contributed by atoms with Crippen LogP contribution in [0.2, 0.25) is 0 Å². The van der Waals surface area contributed by atoms with Crippen LogP contribution in [0.3, 0.4) is 0 Å². The number of nitrogens with zero attached hydrogens (tertiary/aromatic N) is 1. The van der Waals surface area contributed by atoms with E-state index < -0.39 is 0 Å². The van der Waals surface area contributed by atoms with Crippen LogP contribution in [0.1, 0.15) is 23.2 Å². The van der Waals surface area contributed by atoms with Crippen molar-refractivity contribution in [2.24, 2.45) is 5.92 Å². The molecule has 0 saturated carbocycles. The molecule has 0 bridgehead atoms. The lowest BCUT2D eigenvalue weighted by Crippen LogP contribution is -2.32. The van der Waals surface area contributed by atoms with E-state index in [1.807, 2.05) is 0 Å². The Balaban J connectivity index is 0.00000144. The first-order valence-electron chi connectivity index (χ1n) is 5.64. The summed E-state index contributed by atoms with van der Waals surface area (Å²) in [5.74, 6) is 0.174. The van der Waals surface area contributed by atoms with Crippen LogP contribution in [0.15, 0.2) is 24.5 Å². The van der Waals surface area contributed by atoms with Gasteiger partial charge in [-0.1, -0.05) is 0 Å². The van der Waals surface area contributed by atoms with Crippen LogP contribution in [-0.2, 0) is 4.74 Å². The first kappa shape index (κ1) is 13.9. The van der Waals surface area contributed by atoms with Crippen molar-refractivity contribution in [3.8, 4) is 0 Å². The second-order valence-corrected chi connectivity index (χ2v) is 4.05. The van der Waals surface area contributed by atoms with Gasteiger partial charge < -0.3 is 10.1 Å². The second-order valence-electron chi connectivity index (χ2n) is 4.05. The zero-order chi connectivity index (χ0) is 11.2. The summed E-state index contributed by atoms with van der Waals surface area (Å²) >= 11 is 0. The summed E-state index contributed by atoms with van der Waals surface area (Å²) in [6.07, 6.45) is 5.46. The van der Waals surface area contributed by atoms with Gasteiger partial charge in [-0.2, -0.15) is 0 Å². The van der Waals surface area contributed by atoms with Crippen LogP contribution < -0.4 is 5.32 Å². The molecular weight excluding hydrogens is 240 g/mol. The number of aromatic nitrogens is 1. The monoisotopic (exact) mass is 256 g/mol. The van der Waals surface area contributed by atoms with E-state index in [4.69, 9.17) is 4.74 Å². The Labute approximate surface area is 107 Å². The van der Waals surface area contributed by atoms with Gasteiger partial charge in [-0.05, 0) is 31.5 Å². The SMILES string of the molecule is Cl.O=C(OCC1CCCNC1)c1cccnc1. The molecule has 1 aliphatic heterocycles. The minimum atomic E-state index is -0.279. The van der Waals surface area contributed by atoms with Gasteiger partial charge in [0.25, 0.3) is 0 Å². The molecule has 2 rings (SSSR count). The molecule has 1 aromatic heterocycles. The van der Waals surface area contributed by atoms with Gasteiger partial charge in [-0.25, -0.2) is 4.79 Å². The summed E-state index contributed by atoms with van der Waals surface area (Å²) in [7, 11) is 0. The van der Waals surface area contributed by atoms with Crippen molar-refractivity contribution in [3.63, 3.8) is 0 Å². The summed E-state index contributed by atoms with van der Waals surface area (Å²) in [6.45, 7) is 2.52. The van der Waals surface area contributed by atoms with Gasteiger partial charge in [0.15, 0.2) is 0 Å². The zero-order valence-corrected chi connectivity index (χ0v) is 10.4. The third kappa shape index (κ3) is 4.32. The first-order valence-corrected chi connectivity index (χ1v) is 5.64. The molecule has 1 aromatic rings. The van der Waals surface area contributed by atoms with Gasteiger partial charge in [0.05, 0.1) is 12.2 Å². The van der Waals surface area contributed by atoms with Gasteiger partial charge in [0.2, 0.25) is 0 Å². The molecule has 0 spiro atoms. The fourth-order valence-electron chi connectivity index (χ4n) is 1.83. The fourth-order valence-corrected chi connectivity index (χ4v) is 1.83. The standard InChI is InChI=1S/C12H16N2O2.ClH/c15-12(11-4-2-6-14-8-11)16-9-10-3-1-5-13-7-10;/h2,4,6,8,10,13H,1,3,5,7,9H2;1H. The maximum Gasteiger partial charge on any atom is 0.339 e. The number of ether oxygens (including phenoxy) is 1. The second kappa shape index (κ2) is 7.25. The Morgan fingerprint density at radius 2 is 2.47 bits per heavy atom. The lowest BCUT2D eigenvalue weighted by molar-refractivity contribution is 0.0420. The van der Waals surface area contributed by atoms with E-state index in [1.54, 1.807) is 18.3 Å². The number of nitrogens with one attached hydrogen (secondary N) is 1. The van der Waals surface area contributed by atoms with E-state index in [-0.39, 0.29) is 18.4 Å². The molecule has 0 radical (unpaired) electrons. The highest BCUT2D eigenvalue weighted by molar-refractivity contribution is 5.88. The lowest BCUT2D eigenvalue weighted by atomic mass is 10.0. The highest BCUT2D eigenvalue weighted by Crippen LogP contribution is 2.11. The number of carbonyl (C=O) groups excluding carboxylic acids is 1. The largest absolute Gasteiger partial charge is 0.462 e. The summed E-state index contributed by atoms with van der Waals surface area (Å²) in [5.41, 5.74) is 0.520. The Bertz CT molecular complexity index is 340. The quantitative estimate of drug-likeness (QED) is 0.836. The van der Waals surface area contributed by atoms with Crippen LogP contribution in [0.4, 0.5) is 0 Å². The summed E-state index contributed by atoms with van der Waals surface area (Å²) < 4.78 is 5.25. The molecule has 4 nitrogen and oxygen atoms in total. The van der Waals surface area contributed by atoms with Crippen LogP contribution in [0.25, 0.3) is 0 Å². The number of esters is 1. The third-order valence-electron chi connectivity index (χ3n) is 2.75. The van der Waals surface area contributed by atoms with Crippen molar-refractivity contribution < 1.29 is 9.53 Å². The van der Waals surface area contributed by atoms with Crippen molar-refractivity contribution in [1.82, 2.24) is 10.3 Å². The number of hydrogen-bond acceptors (Lipinski definition) is 4. The van der Waals surface area contributed by atoms with E-state index >= 15 is 0 Å². The number of carbonyl (C=O) groups is 1. The molecule has 1 fully saturated rings. The van der Waals surface area contributed by atoms with Crippen molar-refractivity contribution in [2.75, 3.05) is 19.7 Å². The Morgan fingerprint density at radius 1 is 1.59 bits per heavy atom. The van der Waals surface area contributed by atoms with Crippen LogP contribution >= 0.6 is 12.4 Å². The molecule has 5 heteroatoms. The molecule has 1 N–H and O–H groups in total. The predicted octanol–water partition coefficient (Wildman–Crippen LogP) is 1.66. The lowest BCUT2D eigenvalue weighted by Gasteiger charge is -2.22. The maximum absolute atomic E-state index is 11.6. The smallest absolute Gasteiger partial charge is 0.339 e. The number of hydrogen-bond donors (Lipinski definition) is 1. The molecular formula is C12H17ClN2O2. The van der Waals surface area contributed by atoms with Crippen molar-refractivity contribution >= 4 is 18.4 Å². The first-order chi connectivity index (χ1) is 7.86. The predicted molar refractivity (Wildman–Crippen MR) is 67.4 cm³/mol. The van der Waals surface area contributed by atoms with Crippen LogP contribution in [-0.4, -0.2) is 30.6 Å². The van der Waals surface area contributed by atoms with Gasteiger partial charge in [0.1, 0.15) is 0 Å². The number of rotatable bonds is 3. The summed E-state index contributed by atoms with van der Waals surface area (Å²) in [5, 5.41) is 3.29. The topological polar surface area (TPSA) is 51.2 Å². The van der Waals surface area contributed by atoms with Crippen LogP contribution in [0, 0.1) is 5.92 Å². The van der Waals surface area contributed by atoms with E-state index in [0.717, 1.165) is 25.9 Å². The van der Waals surface area contributed by atoms with E-state index in [2.05, 4.69) is 10.3 Å². The molecule has 1 atom stereocenters. The minimum absolute atomic E-state index is 0. The highest BCUT2D eigenvalue weighted by atomic mass is 35.5. The van der Waals surface area contributed by atoms with Gasteiger partial charge in [-0.15, -0.1) is 12.4 Å². The molecule has 0 aliphatic carbocycles. The zero-order valence-electron chi connectivity index (χ0n) is 9.59. The highest BCUT2D eigenvalue weighted by Gasteiger charge is 2.15. The molecule has 2 heterocycles. The van der Waals surface area contributed by atoms with E-state index in [0.29, 0.717) is 18.1 Å². The molecule has 0 aromatic carbocycles. The molecule has 94 valence electrons. The third-order valence-corrected chi connectivity index (χ3v) is 2.75. The number of piperidine rings is 1.